The molecule has 4 aromatic rings. The molecule has 30 heavy (non-hydrogen) atoms. The fraction of sp³-hybridized carbons (Fsp3) is 0.0909. The van der Waals surface area contributed by atoms with Crippen molar-refractivity contribution in [2.45, 2.75) is 13.5 Å². The summed E-state index contributed by atoms with van der Waals surface area (Å²) in [6.45, 7) is 1.59. The maximum Gasteiger partial charge on any atom is 0.275 e. The van der Waals surface area contributed by atoms with Crippen molar-refractivity contribution in [3.8, 4) is 0 Å². The Bertz CT molecular complexity index is 1300. The van der Waals surface area contributed by atoms with E-state index in [1.807, 2.05) is 17.5 Å². The zero-order valence-corrected chi connectivity index (χ0v) is 16.9. The molecular weight excluding hydrogens is 400 g/mol. The van der Waals surface area contributed by atoms with Crippen molar-refractivity contribution in [2.24, 2.45) is 0 Å². The standard InChI is InChI=1S/C22H18N4O3S/c1-14-17-8-2-3-9-18(17)22(29)26(25-14)13-20(27)23-15-6-4-7-16(12-15)24-21(28)19-10-5-11-30-19/h2-12H,13H2,1H3,(H,23,27)(H,24,28). The third-order valence-electron chi connectivity index (χ3n) is 4.49. The smallest absolute Gasteiger partial charge is 0.275 e. The molecule has 0 fully saturated rings. The summed E-state index contributed by atoms with van der Waals surface area (Å²) in [6.07, 6.45) is 0. The number of anilines is 2. The van der Waals surface area contributed by atoms with Gasteiger partial charge in [0.15, 0.2) is 0 Å². The van der Waals surface area contributed by atoms with Crippen LogP contribution in [0.5, 0.6) is 0 Å². The van der Waals surface area contributed by atoms with E-state index in [-0.39, 0.29) is 23.9 Å². The monoisotopic (exact) mass is 418 g/mol. The summed E-state index contributed by atoms with van der Waals surface area (Å²) in [4.78, 5) is 37.9. The third-order valence-corrected chi connectivity index (χ3v) is 5.36. The Morgan fingerprint density at radius 3 is 2.43 bits per heavy atom. The van der Waals surface area contributed by atoms with Crippen molar-refractivity contribution >= 4 is 45.3 Å². The van der Waals surface area contributed by atoms with Gasteiger partial charge in [-0.3, -0.25) is 14.4 Å². The van der Waals surface area contributed by atoms with Gasteiger partial charge in [-0.25, -0.2) is 4.68 Å². The third kappa shape index (κ3) is 4.13. The summed E-state index contributed by atoms with van der Waals surface area (Å²) < 4.78 is 1.16. The van der Waals surface area contributed by atoms with E-state index < -0.39 is 0 Å². The number of hydrogen-bond donors (Lipinski definition) is 2. The van der Waals surface area contributed by atoms with Crippen LogP contribution in [0.3, 0.4) is 0 Å². The number of carbonyl (C=O) groups excluding carboxylic acids is 2. The summed E-state index contributed by atoms with van der Waals surface area (Å²) in [5.41, 5.74) is 1.43. The SMILES string of the molecule is Cc1nn(CC(=O)Nc2cccc(NC(=O)c3cccs3)c2)c(=O)c2ccccc12. The van der Waals surface area contributed by atoms with E-state index in [0.29, 0.717) is 27.3 Å². The Kier molecular flexibility index (Phi) is 5.40. The number of rotatable bonds is 5. The van der Waals surface area contributed by atoms with Crippen LogP contribution in [0.25, 0.3) is 10.8 Å². The van der Waals surface area contributed by atoms with E-state index in [4.69, 9.17) is 0 Å². The molecule has 0 aliphatic rings. The first-order valence-corrected chi connectivity index (χ1v) is 10.1. The number of aromatic nitrogens is 2. The molecule has 0 spiro atoms. The minimum Gasteiger partial charge on any atom is -0.324 e. The Labute approximate surface area is 176 Å². The van der Waals surface area contributed by atoms with Gasteiger partial charge in [-0.05, 0) is 42.6 Å². The van der Waals surface area contributed by atoms with Crippen LogP contribution < -0.4 is 16.2 Å². The normalized spacial score (nSPS) is 10.7. The van der Waals surface area contributed by atoms with E-state index in [2.05, 4.69) is 15.7 Å². The van der Waals surface area contributed by atoms with Crippen molar-refractivity contribution in [2.75, 3.05) is 10.6 Å². The Hall–Kier alpha value is -3.78. The molecule has 0 bridgehead atoms. The lowest BCUT2D eigenvalue weighted by atomic mass is 10.1. The van der Waals surface area contributed by atoms with Gasteiger partial charge in [0, 0.05) is 16.8 Å². The summed E-state index contributed by atoms with van der Waals surface area (Å²) in [6, 6.07) is 17.6. The average Bonchev–Trinajstić information content (AvgIpc) is 3.27. The molecular formula is C22H18N4O3S. The fourth-order valence-electron chi connectivity index (χ4n) is 3.12. The minimum absolute atomic E-state index is 0.212. The van der Waals surface area contributed by atoms with Crippen molar-refractivity contribution in [1.29, 1.82) is 0 Å². The fourth-order valence-corrected chi connectivity index (χ4v) is 3.74. The lowest BCUT2D eigenvalue weighted by molar-refractivity contribution is -0.117. The number of nitrogens with one attached hydrogen (secondary N) is 2. The summed E-state index contributed by atoms with van der Waals surface area (Å²) >= 11 is 1.35. The molecule has 0 radical (unpaired) electrons. The second-order valence-corrected chi connectivity index (χ2v) is 7.60. The first-order chi connectivity index (χ1) is 14.5. The minimum atomic E-state index is -0.388. The molecule has 2 aromatic carbocycles. The zero-order valence-electron chi connectivity index (χ0n) is 16.1. The lowest BCUT2D eigenvalue weighted by Gasteiger charge is -2.10. The number of carbonyl (C=O) groups is 2. The van der Waals surface area contributed by atoms with Crippen molar-refractivity contribution < 1.29 is 9.59 Å². The number of amides is 2. The summed E-state index contributed by atoms with van der Waals surface area (Å²) in [7, 11) is 0. The highest BCUT2D eigenvalue weighted by Gasteiger charge is 2.12. The predicted molar refractivity (Wildman–Crippen MR) is 118 cm³/mol. The Morgan fingerprint density at radius 2 is 1.70 bits per heavy atom. The maximum atomic E-state index is 12.6. The molecule has 0 saturated carbocycles. The highest BCUT2D eigenvalue weighted by atomic mass is 32.1. The van der Waals surface area contributed by atoms with Crippen LogP contribution in [0.4, 0.5) is 11.4 Å². The molecule has 0 unspecified atom stereocenters. The molecule has 0 aliphatic carbocycles. The predicted octanol–water partition coefficient (Wildman–Crippen LogP) is 3.66. The van der Waals surface area contributed by atoms with Crippen molar-refractivity contribution in [3.63, 3.8) is 0 Å². The Morgan fingerprint density at radius 1 is 0.967 bits per heavy atom. The van der Waals surface area contributed by atoms with Gasteiger partial charge in [0.2, 0.25) is 5.91 Å². The summed E-state index contributed by atoms with van der Waals surface area (Å²) in [5, 5.41) is 12.9. The van der Waals surface area contributed by atoms with Crippen molar-refractivity contribution in [1.82, 2.24) is 9.78 Å². The number of hydrogen-bond acceptors (Lipinski definition) is 5. The Balaban J connectivity index is 1.48. The number of thiophene rings is 1. The lowest BCUT2D eigenvalue weighted by Crippen LogP contribution is -2.30. The number of nitrogens with zero attached hydrogens (tertiary/aromatic N) is 2. The van der Waals surface area contributed by atoms with Gasteiger partial charge >= 0.3 is 0 Å². The van der Waals surface area contributed by atoms with Crippen LogP contribution in [0, 0.1) is 6.92 Å². The first kappa shape index (κ1) is 19.5. The van der Waals surface area contributed by atoms with Gasteiger partial charge < -0.3 is 10.6 Å². The first-order valence-electron chi connectivity index (χ1n) is 9.22. The van der Waals surface area contributed by atoms with Crippen LogP contribution >= 0.6 is 11.3 Å². The highest BCUT2D eigenvalue weighted by Crippen LogP contribution is 2.18. The van der Waals surface area contributed by atoms with E-state index in [1.54, 1.807) is 55.5 Å². The zero-order chi connectivity index (χ0) is 21.1. The largest absolute Gasteiger partial charge is 0.324 e. The van der Waals surface area contributed by atoms with E-state index in [0.717, 1.165) is 10.1 Å². The second kappa shape index (κ2) is 8.30. The number of fused-ring (bicyclic) bond motifs is 1. The highest BCUT2D eigenvalue weighted by molar-refractivity contribution is 7.12. The molecule has 0 saturated heterocycles. The molecule has 2 amide bonds. The van der Waals surface area contributed by atoms with Crippen LogP contribution in [0.2, 0.25) is 0 Å². The average molecular weight is 418 g/mol. The molecule has 2 aromatic heterocycles. The number of aryl methyl sites for hydroxylation is 1. The van der Waals surface area contributed by atoms with E-state index in [1.165, 1.54) is 11.3 Å². The molecule has 2 N–H and O–H groups in total. The van der Waals surface area contributed by atoms with Gasteiger partial charge in [-0.2, -0.15) is 5.10 Å². The molecule has 150 valence electrons. The quantitative estimate of drug-likeness (QED) is 0.517. The van der Waals surface area contributed by atoms with Crippen LogP contribution in [-0.4, -0.2) is 21.6 Å². The van der Waals surface area contributed by atoms with Gasteiger partial charge in [0.25, 0.3) is 11.5 Å². The van der Waals surface area contributed by atoms with Gasteiger partial charge in [-0.15, -0.1) is 11.3 Å². The second-order valence-electron chi connectivity index (χ2n) is 6.65. The van der Waals surface area contributed by atoms with Gasteiger partial charge in [0.1, 0.15) is 6.54 Å². The molecule has 8 heteroatoms. The van der Waals surface area contributed by atoms with E-state index in [9.17, 15) is 14.4 Å². The van der Waals surface area contributed by atoms with Crippen LogP contribution in [-0.2, 0) is 11.3 Å². The van der Waals surface area contributed by atoms with Gasteiger partial charge in [0.05, 0.1) is 16.0 Å². The molecule has 7 nitrogen and oxygen atoms in total. The van der Waals surface area contributed by atoms with Crippen LogP contribution in [0.1, 0.15) is 15.4 Å². The summed E-state index contributed by atoms with van der Waals surface area (Å²) in [5.74, 6) is -0.600. The van der Waals surface area contributed by atoms with E-state index >= 15 is 0 Å². The molecule has 0 aliphatic heterocycles. The maximum absolute atomic E-state index is 12.6. The van der Waals surface area contributed by atoms with Gasteiger partial charge in [-0.1, -0.05) is 30.3 Å². The molecule has 2 heterocycles. The molecule has 4 rings (SSSR count). The number of benzene rings is 2. The molecule has 0 atom stereocenters. The van der Waals surface area contributed by atoms with Crippen LogP contribution in [0.15, 0.2) is 70.8 Å². The van der Waals surface area contributed by atoms with Crippen molar-refractivity contribution in [3.05, 3.63) is 87.0 Å². The topological polar surface area (TPSA) is 93.1 Å².